The van der Waals surface area contributed by atoms with Crippen LogP contribution in [0.1, 0.15) is 11.1 Å². The molecule has 0 radical (unpaired) electrons. The van der Waals surface area contributed by atoms with Gasteiger partial charge in [0.1, 0.15) is 32.8 Å². The number of anilines is 2. The fraction of sp³-hybridized carbons (Fsp3) is 0.0222. The number of nitrogen functional groups attached to an aromatic ring is 2. The number of benzene rings is 10. The zero-order valence-corrected chi connectivity index (χ0v) is 31.2. The Labute approximate surface area is 324 Å². The third-order valence-corrected chi connectivity index (χ3v) is 13.1. The molecule has 57 heavy (non-hydrogen) atoms. The van der Waals surface area contributed by atoms with Crippen LogP contribution in [0.25, 0.3) is 75.8 Å². The molecule has 10 aromatic rings. The van der Waals surface area contributed by atoms with Crippen molar-refractivity contribution in [3.8, 4) is 34.1 Å². The lowest BCUT2D eigenvalue weighted by Crippen LogP contribution is -2.03. The van der Waals surface area contributed by atoms with Crippen molar-refractivity contribution in [3.05, 3.63) is 132 Å². The van der Waals surface area contributed by atoms with Crippen LogP contribution in [0.2, 0.25) is 0 Å². The summed E-state index contributed by atoms with van der Waals surface area (Å²) in [5.41, 5.74) is 15.8. The van der Waals surface area contributed by atoms with Gasteiger partial charge in [-0.25, -0.2) is 0 Å². The van der Waals surface area contributed by atoms with E-state index in [0.717, 1.165) is 64.6 Å². The quantitative estimate of drug-likeness (QED) is 0.0719. The first-order chi connectivity index (χ1) is 27.3. The summed E-state index contributed by atoms with van der Waals surface area (Å²) in [5, 5.41) is 10.8. The second kappa shape index (κ2) is 11.4. The van der Waals surface area contributed by atoms with Crippen LogP contribution in [0, 0.1) is 0 Å². The highest BCUT2D eigenvalue weighted by molar-refractivity contribution is 7.86. The Balaban J connectivity index is 1.03. The van der Waals surface area contributed by atoms with Gasteiger partial charge in [0.2, 0.25) is 0 Å². The first-order valence-electron chi connectivity index (χ1n) is 17.9. The third-order valence-electron chi connectivity index (χ3n) is 11.3. The van der Waals surface area contributed by atoms with Gasteiger partial charge in [-0.15, -0.1) is 0 Å². The van der Waals surface area contributed by atoms with Crippen molar-refractivity contribution in [2.75, 3.05) is 11.5 Å². The summed E-state index contributed by atoms with van der Waals surface area (Å²) in [6.45, 7) is 0. The lowest BCUT2D eigenvalue weighted by Gasteiger charge is -2.17. The van der Waals surface area contributed by atoms with E-state index < -0.39 is 30.0 Å². The molecule has 0 spiro atoms. The standard InChI is InChI=1S/C45H28N2O8S2/c46-34-13-5-22-1-3-24-7-15-36(30-11-9-28(34)42(22)44(24)30)54-38-18-26-17-27-19-39(41(57(51,52)53)21-33(27)32(26)20-40(38)56(48,49)50)55-37-16-8-25-4-2-23-6-14-35(47)29-10-12-31(37)45(25)43(23)29/h1-16,18-21H,17,46-47H2,(H,48,49,50)(H,51,52,53). The average Bonchev–Trinajstić information content (AvgIpc) is 3.53. The minimum atomic E-state index is -4.86. The van der Waals surface area contributed by atoms with Gasteiger partial charge >= 0.3 is 0 Å². The van der Waals surface area contributed by atoms with Crippen LogP contribution in [-0.2, 0) is 26.7 Å². The zero-order chi connectivity index (χ0) is 39.1. The first-order valence-corrected chi connectivity index (χ1v) is 20.8. The number of nitrogens with two attached hydrogens (primary N) is 2. The van der Waals surface area contributed by atoms with Crippen LogP contribution in [0.4, 0.5) is 11.4 Å². The van der Waals surface area contributed by atoms with Gasteiger partial charge in [-0.2, -0.15) is 16.8 Å². The van der Waals surface area contributed by atoms with Gasteiger partial charge in [0.05, 0.1) is 0 Å². The average molecular weight is 789 g/mol. The monoisotopic (exact) mass is 788 g/mol. The maximum Gasteiger partial charge on any atom is 0.298 e. The molecule has 10 aromatic carbocycles. The Morgan fingerprint density at radius 3 is 1.14 bits per heavy atom. The minimum absolute atomic E-state index is 0.112. The van der Waals surface area contributed by atoms with Gasteiger partial charge in [-0.1, -0.05) is 60.7 Å². The van der Waals surface area contributed by atoms with E-state index in [2.05, 4.69) is 0 Å². The Morgan fingerprint density at radius 2 is 0.754 bits per heavy atom. The zero-order valence-electron chi connectivity index (χ0n) is 29.6. The second-order valence-electron chi connectivity index (χ2n) is 14.5. The SMILES string of the molecule is Nc1ccc2ccc3ccc(Oc4cc5c(cc4S(=O)(=O)O)-c4cc(S(=O)(=O)O)c(Oc6ccc7ccc8ccc(N)c9ccc6c7c89)cc4C5)c4ccc1c2c34. The van der Waals surface area contributed by atoms with E-state index in [1.807, 2.05) is 84.9 Å². The lowest BCUT2D eigenvalue weighted by molar-refractivity contribution is 0.451. The molecule has 1 aliphatic carbocycles. The van der Waals surface area contributed by atoms with E-state index in [-0.39, 0.29) is 17.9 Å². The number of hydrogen-bond donors (Lipinski definition) is 4. The molecule has 0 aromatic heterocycles. The smallest absolute Gasteiger partial charge is 0.298 e. The normalized spacial score (nSPS) is 13.1. The minimum Gasteiger partial charge on any atom is -0.455 e. The Morgan fingerprint density at radius 1 is 0.421 bits per heavy atom. The maximum atomic E-state index is 13.0. The van der Waals surface area contributed by atoms with Crippen LogP contribution < -0.4 is 20.9 Å². The molecule has 0 bridgehead atoms. The summed E-state index contributed by atoms with van der Waals surface area (Å²) in [5.74, 6) is 0.499. The largest absolute Gasteiger partial charge is 0.455 e. The maximum absolute atomic E-state index is 13.0. The van der Waals surface area contributed by atoms with Crippen molar-refractivity contribution in [1.29, 1.82) is 0 Å². The molecule has 6 N–H and O–H groups in total. The molecule has 11 rings (SSSR count). The van der Waals surface area contributed by atoms with E-state index in [4.69, 9.17) is 20.9 Å². The summed E-state index contributed by atoms with van der Waals surface area (Å²) in [4.78, 5) is -1.01. The van der Waals surface area contributed by atoms with Crippen LogP contribution in [0.15, 0.2) is 131 Å². The lowest BCUT2D eigenvalue weighted by atomic mass is 9.93. The van der Waals surface area contributed by atoms with Gasteiger partial charge in [0.25, 0.3) is 20.2 Å². The van der Waals surface area contributed by atoms with Crippen LogP contribution in [0.3, 0.4) is 0 Å². The van der Waals surface area contributed by atoms with Crippen LogP contribution >= 0.6 is 0 Å². The number of rotatable bonds is 6. The molecule has 0 fully saturated rings. The van der Waals surface area contributed by atoms with Crippen LogP contribution in [0.5, 0.6) is 23.0 Å². The molecule has 0 unspecified atom stereocenters. The highest BCUT2D eigenvalue weighted by Crippen LogP contribution is 2.49. The van der Waals surface area contributed by atoms with Gasteiger partial charge in [-0.05, 0) is 122 Å². The van der Waals surface area contributed by atoms with Crippen molar-refractivity contribution in [3.63, 3.8) is 0 Å². The summed E-state index contributed by atoms with van der Waals surface area (Å²) >= 11 is 0. The van der Waals surface area contributed by atoms with Crippen molar-refractivity contribution >= 4 is 96.2 Å². The molecule has 12 heteroatoms. The second-order valence-corrected chi connectivity index (χ2v) is 17.3. The molecule has 10 nitrogen and oxygen atoms in total. The summed E-state index contributed by atoms with van der Waals surface area (Å²) in [6, 6.07) is 36.1. The van der Waals surface area contributed by atoms with E-state index in [9.17, 15) is 25.9 Å². The van der Waals surface area contributed by atoms with Gasteiger partial charge in [0.15, 0.2) is 0 Å². The molecule has 1 aliphatic rings. The van der Waals surface area contributed by atoms with Crippen molar-refractivity contribution in [2.45, 2.75) is 16.2 Å². The predicted molar refractivity (Wildman–Crippen MR) is 224 cm³/mol. The summed E-state index contributed by atoms with van der Waals surface area (Å²) in [6.07, 6.45) is 0.240. The predicted octanol–water partition coefficient (Wildman–Crippen LogP) is 10.3. The van der Waals surface area contributed by atoms with Crippen molar-refractivity contribution in [2.24, 2.45) is 0 Å². The number of fused-ring (bicyclic) bond motifs is 3. The molecule has 0 saturated carbocycles. The van der Waals surface area contributed by atoms with Gasteiger partial charge in [0, 0.05) is 43.7 Å². The van der Waals surface area contributed by atoms with E-state index in [0.29, 0.717) is 45.1 Å². The van der Waals surface area contributed by atoms with E-state index in [1.54, 1.807) is 12.1 Å². The molecule has 0 amide bonds. The Kier molecular flexibility index (Phi) is 6.74. The fourth-order valence-electron chi connectivity index (χ4n) is 8.77. The first kappa shape index (κ1) is 33.6. The molecule has 0 aliphatic heterocycles. The van der Waals surface area contributed by atoms with E-state index in [1.165, 1.54) is 24.3 Å². The highest BCUT2D eigenvalue weighted by Gasteiger charge is 2.30. The molecule has 0 saturated heterocycles. The molecule has 278 valence electrons. The molecule has 0 heterocycles. The molecule has 0 atom stereocenters. The van der Waals surface area contributed by atoms with Crippen LogP contribution in [-0.4, -0.2) is 25.9 Å². The molecular formula is C45H28N2O8S2. The highest BCUT2D eigenvalue weighted by atomic mass is 32.2. The van der Waals surface area contributed by atoms with E-state index >= 15 is 0 Å². The summed E-state index contributed by atoms with van der Waals surface area (Å²) < 4.78 is 85.6. The summed E-state index contributed by atoms with van der Waals surface area (Å²) in [7, 11) is -9.72. The third kappa shape index (κ3) is 4.95. The van der Waals surface area contributed by atoms with Crippen molar-refractivity contribution < 1.29 is 35.4 Å². The van der Waals surface area contributed by atoms with Gasteiger partial charge < -0.3 is 20.9 Å². The Hall–Kier alpha value is -6.70. The number of hydrogen-bond acceptors (Lipinski definition) is 8. The fourth-order valence-corrected chi connectivity index (χ4v) is 10.0. The number of ether oxygens (including phenoxy) is 2. The molecular weight excluding hydrogens is 761 g/mol. The van der Waals surface area contributed by atoms with Crippen molar-refractivity contribution in [1.82, 2.24) is 0 Å². The topological polar surface area (TPSA) is 179 Å². The Bertz CT molecular complexity index is 3400. The van der Waals surface area contributed by atoms with Gasteiger partial charge in [-0.3, -0.25) is 9.11 Å².